The summed E-state index contributed by atoms with van der Waals surface area (Å²) in [6.45, 7) is 4.44. The summed E-state index contributed by atoms with van der Waals surface area (Å²) < 4.78 is 0. The molecule has 18 heavy (non-hydrogen) atoms. The molecule has 0 spiro atoms. The molecule has 0 aliphatic heterocycles. The molecule has 0 aromatic heterocycles. The van der Waals surface area contributed by atoms with E-state index in [0.717, 1.165) is 38.5 Å². The number of carbonyl (C=O) groups is 1. The molecule has 2 aliphatic rings. The molecule has 0 N–H and O–H groups in total. The zero-order chi connectivity index (χ0) is 13.3. The molecule has 2 rings (SSSR count). The number of hydrogen-bond acceptors (Lipinski definition) is 1. The summed E-state index contributed by atoms with van der Waals surface area (Å²) in [5, 5.41) is 0.328. The first-order chi connectivity index (χ1) is 8.49. The van der Waals surface area contributed by atoms with Crippen LogP contribution in [0.3, 0.4) is 0 Å². The number of ketones is 1. The second-order valence-electron chi connectivity index (χ2n) is 6.45. The minimum absolute atomic E-state index is 0.0463. The van der Waals surface area contributed by atoms with Crippen molar-refractivity contribution >= 4 is 29.0 Å². The Morgan fingerprint density at radius 1 is 1.00 bits per heavy atom. The third-order valence-electron chi connectivity index (χ3n) is 4.79. The van der Waals surface area contributed by atoms with Crippen molar-refractivity contribution in [2.24, 2.45) is 23.7 Å². The molecule has 4 atom stereocenters. The maximum absolute atomic E-state index is 12.7. The van der Waals surface area contributed by atoms with Gasteiger partial charge in [-0.3, -0.25) is 4.79 Å². The number of rotatable bonds is 2. The van der Waals surface area contributed by atoms with Crippen molar-refractivity contribution in [3.05, 3.63) is 0 Å². The van der Waals surface area contributed by atoms with Gasteiger partial charge < -0.3 is 0 Å². The summed E-state index contributed by atoms with van der Waals surface area (Å²) in [5.74, 6) is 1.84. The topological polar surface area (TPSA) is 17.1 Å². The third-order valence-corrected chi connectivity index (χ3v) is 5.68. The highest BCUT2D eigenvalue weighted by Gasteiger charge is 2.40. The predicted octanol–water partition coefficient (Wildman–Crippen LogP) is 4.64. The van der Waals surface area contributed by atoms with Crippen LogP contribution in [0, 0.1) is 23.7 Å². The third kappa shape index (κ3) is 3.22. The van der Waals surface area contributed by atoms with E-state index in [1.54, 1.807) is 0 Å². The molecule has 3 heteroatoms. The number of hydrogen-bond donors (Lipinski definition) is 0. The van der Waals surface area contributed by atoms with Gasteiger partial charge in [-0.25, -0.2) is 0 Å². The summed E-state index contributed by atoms with van der Waals surface area (Å²) in [6.07, 6.45) is 6.05. The average molecular weight is 291 g/mol. The van der Waals surface area contributed by atoms with Gasteiger partial charge in [0.15, 0.2) is 0 Å². The van der Waals surface area contributed by atoms with E-state index in [1.807, 2.05) is 0 Å². The van der Waals surface area contributed by atoms with E-state index in [1.165, 1.54) is 0 Å². The Morgan fingerprint density at radius 3 is 2.17 bits per heavy atom. The van der Waals surface area contributed by atoms with Gasteiger partial charge in [0.05, 0.1) is 0 Å². The first-order valence-electron chi connectivity index (χ1n) is 7.31. The van der Waals surface area contributed by atoms with Crippen molar-refractivity contribution in [1.29, 1.82) is 0 Å². The molecule has 2 aliphatic carbocycles. The molecule has 0 heterocycles. The van der Waals surface area contributed by atoms with Crippen LogP contribution in [-0.4, -0.2) is 16.5 Å². The van der Waals surface area contributed by atoms with Crippen molar-refractivity contribution in [2.75, 3.05) is 0 Å². The Kier molecular flexibility index (Phi) is 4.99. The fourth-order valence-electron chi connectivity index (χ4n) is 3.83. The van der Waals surface area contributed by atoms with Crippen molar-refractivity contribution in [2.45, 2.75) is 63.1 Å². The lowest BCUT2D eigenvalue weighted by Gasteiger charge is -2.38. The lowest BCUT2D eigenvalue weighted by molar-refractivity contribution is -0.130. The molecule has 0 saturated heterocycles. The second-order valence-corrected chi connectivity index (χ2v) is 7.62. The standard InChI is InChI=1S/C15H24Cl2O/c1-9-7-10(2)14(13(17)8-9)15(18)11-3-5-12(16)6-4-11/h9-14H,3-8H2,1-2H3. The number of Topliss-reactive ketones (excluding diaryl/α,β-unsaturated/α-hetero) is 1. The second kappa shape index (κ2) is 6.13. The van der Waals surface area contributed by atoms with Crippen LogP contribution in [0.2, 0.25) is 0 Å². The van der Waals surface area contributed by atoms with Crippen molar-refractivity contribution in [3.63, 3.8) is 0 Å². The molecule has 1 nitrogen and oxygen atoms in total. The minimum Gasteiger partial charge on any atom is -0.299 e. The molecule has 0 amide bonds. The molecule has 104 valence electrons. The highest BCUT2D eigenvalue weighted by Crippen LogP contribution is 2.41. The zero-order valence-corrected chi connectivity index (χ0v) is 12.9. The lowest BCUT2D eigenvalue weighted by atomic mass is 9.69. The average Bonchev–Trinajstić information content (AvgIpc) is 2.28. The van der Waals surface area contributed by atoms with E-state index in [9.17, 15) is 4.79 Å². The van der Waals surface area contributed by atoms with E-state index in [4.69, 9.17) is 23.2 Å². The summed E-state index contributed by atoms with van der Waals surface area (Å²) in [7, 11) is 0. The van der Waals surface area contributed by atoms with E-state index >= 15 is 0 Å². The lowest BCUT2D eigenvalue weighted by Crippen LogP contribution is -2.40. The van der Waals surface area contributed by atoms with E-state index < -0.39 is 0 Å². The molecule has 0 aromatic carbocycles. The zero-order valence-electron chi connectivity index (χ0n) is 11.4. The van der Waals surface area contributed by atoms with Gasteiger partial charge in [-0.2, -0.15) is 0 Å². The van der Waals surface area contributed by atoms with Gasteiger partial charge in [0.1, 0.15) is 5.78 Å². The molecule has 0 radical (unpaired) electrons. The first kappa shape index (κ1) is 14.7. The molecule has 0 aromatic rings. The van der Waals surface area contributed by atoms with Crippen LogP contribution in [0.4, 0.5) is 0 Å². The molecule has 2 fully saturated rings. The summed E-state index contributed by atoms with van der Waals surface area (Å²) in [5.41, 5.74) is 0. The van der Waals surface area contributed by atoms with E-state index in [0.29, 0.717) is 17.6 Å². The van der Waals surface area contributed by atoms with Crippen LogP contribution in [-0.2, 0) is 4.79 Å². The van der Waals surface area contributed by atoms with Gasteiger partial charge >= 0.3 is 0 Å². The summed E-state index contributed by atoms with van der Waals surface area (Å²) in [4.78, 5) is 12.7. The highest BCUT2D eigenvalue weighted by atomic mass is 35.5. The molecule has 2 saturated carbocycles. The number of halogens is 2. The Balaban J connectivity index is 1.99. The fraction of sp³-hybridized carbons (Fsp3) is 0.933. The van der Waals surface area contributed by atoms with Gasteiger partial charge in [0.25, 0.3) is 0 Å². The number of carbonyl (C=O) groups excluding carboxylic acids is 1. The minimum atomic E-state index is 0.0463. The van der Waals surface area contributed by atoms with Gasteiger partial charge in [-0.1, -0.05) is 13.8 Å². The quantitative estimate of drug-likeness (QED) is 0.677. The van der Waals surface area contributed by atoms with Gasteiger partial charge in [0, 0.05) is 22.6 Å². The van der Waals surface area contributed by atoms with Crippen LogP contribution < -0.4 is 0 Å². The highest BCUT2D eigenvalue weighted by molar-refractivity contribution is 6.22. The molecule has 4 unspecified atom stereocenters. The fourth-order valence-corrected chi connectivity index (χ4v) is 4.76. The maximum Gasteiger partial charge on any atom is 0.140 e. The van der Waals surface area contributed by atoms with Crippen molar-refractivity contribution in [3.8, 4) is 0 Å². The molecular formula is C15H24Cl2O. The van der Waals surface area contributed by atoms with Crippen LogP contribution in [0.15, 0.2) is 0 Å². The van der Waals surface area contributed by atoms with Crippen molar-refractivity contribution in [1.82, 2.24) is 0 Å². The van der Waals surface area contributed by atoms with Crippen LogP contribution in [0.5, 0.6) is 0 Å². The van der Waals surface area contributed by atoms with Crippen LogP contribution in [0.25, 0.3) is 0 Å². The summed E-state index contributed by atoms with van der Waals surface area (Å²) in [6, 6.07) is 0. The van der Waals surface area contributed by atoms with Gasteiger partial charge in [-0.05, 0) is 50.4 Å². The number of alkyl halides is 2. The van der Waals surface area contributed by atoms with Crippen molar-refractivity contribution < 1.29 is 4.79 Å². The maximum atomic E-state index is 12.7. The Morgan fingerprint density at radius 2 is 1.61 bits per heavy atom. The van der Waals surface area contributed by atoms with Crippen LogP contribution in [0.1, 0.15) is 52.4 Å². The Hall–Kier alpha value is 0.250. The SMILES string of the molecule is CC1CC(C)C(C(=O)C2CCC(Cl)CC2)C(Cl)C1. The Labute approximate surface area is 121 Å². The first-order valence-corrected chi connectivity index (χ1v) is 8.18. The van der Waals surface area contributed by atoms with Gasteiger partial charge in [0.2, 0.25) is 0 Å². The van der Waals surface area contributed by atoms with Crippen LogP contribution >= 0.6 is 23.2 Å². The smallest absolute Gasteiger partial charge is 0.140 e. The van der Waals surface area contributed by atoms with E-state index in [2.05, 4.69) is 13.8 Å². The summed E-state index contributed by atoms with van der Waals surface area (Å²) >= 11 is 12.6. The Bertz CT molecular complexity index is 285. The normalized spacial score (nSPS) is 45.8. The monoisotopic (exact) mass is 290 g/mol. The predicted molar refractivity (Wildman–Crippen MR) is 77.3 cm³/mol. The molecular weight excluding hydrogens is 267 g/mol. The largest absolute Gasteiger partial charge is 0.299 e. The molecule has 0 bridgehead atoms. The van der Waals surface area contributed by atoms with E-state index in [-0.39, 0.29) is 22.6 Å². The van der Waals surface area contributed by atoms with Gasteiger partial charge in [-0.15, -0.1) is 23.2 Å².